The fourth-order valence-corrected chi connectivity index (χ4v) is 3.58. The Labute approximate surface area is 145 Å². The second-order valence-corrected chi connectivity index (χ2v) is 6.77. The van der Waals surface area contributed by atoms with Crippen molar-refractivity contribution in [2.24, 2.45) is 0 Å². The topological polar surface area (TPSA) is 55.1 Å². The third-order valence-corrected chi connectivity index (χ3v) is 4.83. The first kappa shape index (κ1) is 15.5. The molecule has 0 spiro atoms. The molecule has 3 aromatic rings. The quantitative estimate of drug-likeness (QED) is 0.721. The number of aryl methyl sites for hydroxylation is 1. The monoisotopic (exact) mass is 342 g/mol. The van der Waals surface area contributed by atoms with Crippen molar-refractivity contribution in [2.75, 3.05) is 13.1 Å². The molecule has 5 nitrogen and oxygen atoms in total. The van der Waals surface area contributed by atoms with Gasteiger partial charge in [-0.2, -0.15) is 4.98 Å². The van der Waals surface area contributed by atoms with E-state index in [0.29, 0.717) is 16.8 Å². The van der Waals surface area contributed by atoms with E-state index in [0.717, 1.165) is 54.9 Å². The largest absolute Gasteiger partial charge is 0.340 e. The van der Waals surface area contributed by atoms with Crippen molar-refractivity contribution in [1.29, 1.82) is 0 Å². The number of benzene rings is 1. The summed E-state index contributed by atoms with van der Waals surface area (Å²) in [4.78, 5) is 11.5. The summed E-state index contributed by atoms with van der Waals surface area (Å²) in [6, 6.07) is 10.0. The van der Waals surface area contributed by atoms with Crippen LogP contribution in [0.15, 0.2) is 34.9 Å². The normalized spacial score (nSPS) is 19.0. The van der Waals surface area contributed by atoms with Crippen LogP contribution in [0.1, 0.15) is 36.2 Å². The lowest BCUT2D eigenvalue weighted by Crippen LogP contribution is -2.34. The highest BCUT2D eigenvalue weighted by atomic mass is 35.5. The molecule has 2 aromatic heterocycles. The zero-order chi connectivity index (χ0) is 16.5. The number of halogens is 1. The molecule has 0 saturated carbocycles. The van der Waals surface area contributed by atoms with E-state index < -0.39 is 0 Å². The molecule has 1 saturated heterocycles. The fraction of sp³-hybridized carbons (Fsp3) is 0.389. The molecule has 0 unspecified atom stereocenters. The fourth-order valence-electron chi connectivity index (χ4n) is 3.36. The number of para-hydroxylation sites is 1. The Bertz CT molecular complexity index is 863. The lowest BCUT2D eigenvalue weighted by atomic mass is 9.97. The van der Waals surface area contributed by atoms with Gasteiger partial charge >= 0.3 is 0 Å². The Morgan fingerprint density at radius 2 is 2.17 bits per heavy atom. The van der Waals surface area contributed by atoms with Gasteiger partial charge in [-0.1, -0.05) is 35.0 Å². The van der Waals surface area contributed by atoms with Crippen LogP contribution >= 0.6 is 11.6 Å². The highest BCUT2D eigenvalue weighted by Gasteiger charge is 2.25. The summed E-state index contributed by atoms with van der Waals surface area (Å²) in [5, 5.41) is 5.86. The van der Waals surface area contributed by atoms with Crippen molar-refractivity contribution < 1.29 is 4.52 Å². The highest BCUT2D eigenvalue weighted by Crippen LogP contribution is 2.27. The molecule has 1 aromatic carbocycles. The van der Waals surface area contributed by atoms with Gasteiger partial charge in [0.05, 0.1) is 16.2 Å². The molecule has 1 fully saturated rings. The first-order valence-corrected chi connectivity index (χ1v) is 8.63. The number of hydrogen-bond acceptors (Lipinski definition) is 5. The van der Waals surface area contributed by atoms with Crippen molar-refractivity contribution in [1.82, 2.24) is 20.0 Å². The molecule has 0 aliphatic carbocycles. The summed E-state index contributed by atoms with van der Waals surface area (Å²) in [6.45, 7) is 4.64. The van der Waals surface area contributed by atoms with Crippen molar-refractivity contribution in [3.05, 3.63) is 52.8 Å². The van der Waals surface area contributed by atoms with Crippen LogP contribution in [-0.2, 0) is 6.54 Å². The van der Waals surface area contributed by atoms with E-state index in [1.54, 1.807) is 0 Å². The van der Waals surface area contributed by atoms with E-state index in [1.807, 2.05) is 25.1 Å². The SMILES string of the molecule is Cc1nc([C@H]2CCCN(Cc3ccc4cccc(Cl)c4n3)C2)no1. The highest BCUT2D eigenvalue weighted by molar-refractivity contribution is 6.35. The second-order valence-electron chi connectivity index (χ2n) is 6.36. The summed E-state index contributed by atoms with van der Waals surface area (Å²) < 4.78 is 5.13. The Balaban J connectivity index is 1.51. The van der Waals surface area contributed by atoms with Crippen LogP contribution in [0.5, 0.6) is 0 Å². The number of piperidine rings is 1. The molecular formula is C18H19ClN4O. The Morgan fingerprint density at radius 3 is 3.00 bits per heavy atom. The van der Waals surface area contributed by atoms with Crippen LogP contribution in [-0.4, -0.2) is 33.1 Å². The average molecular weight is 343 g/mol. The van der Waals surface area contributed by atoms with Crippen molar-refractivity contribution in [2.45, 2.75) is 32.2 Å². The number of nitrogens with zero attached hydrogens (tertiary/aromatic N) is 4. The van der Waals surface area contributed by atoms with Gasteiger partial charge in [-0.15, -0.1) is 0 Å². The van der Waals surface area contributed by atoms with Gasteiger partial charge in [0, 0.05) is 31.3 Å². The molecule has 124 valence electrons. The zero-order valence-corrected chi connectivity index (χ0v) is 14.3. The number of likely N-dealkylation sites (tertiary alicyclic amines) is 1. The second kappa shape index (κ2) is 6.49. The van der Waals surface area contributed by atoms with Gasteiger partial charge in [0.25, 0.3) is 0 Å². The van der Waals surface area contributed by atoms with Crippen LogP contribution in [0, 0.1) is 6.92 Å². The van der Waals surface area contributed by atoms with E-state index in [4.69, 9.17) is 21.1 Å². The first-order chi connectivity index (χ1) is 11.7. The van der Waals surface area contributed by atoms with Gasteiger partial charge in [-0.3, -0.25) is 4.90 Å². The summed E-state index contributed by atoms with van der Waals surface area (Å²) >= 11 is 6.27. The molecule has 1 aliphatic heterocycles. The Morgan fingerprint density at radius 1 is 1.25 bits per heavy atom. The van der Waals surface area contributed by atoms with Gasteiger partial charge in [0.1, 0.15) is 0 Å². The minimum Gasteiger partial charge on any atom is -0.340 e. The lowest BCUT2D eigenvalue weighted by molar-refractivity contribution is 0.193. The van der Waals surface area contributed by atoms with Gasteiger partial charge in [-0.25, -0.2) is 4.98 Å². The molecule has 1 atom stereocenters. The number of pyridine rings is 1. The van der Waals surface area contributed by atoms with Crippen LogP contribution in [0.3, 0.4) is 0 Å². The van der Waals surface area contributed by atoms with Gasteiger partial charge in [0.2, 0.25) is 5.89 Å². The Kier molecular flexibility index (Phi) is 4.21. The maximum absolute atomic E-state index is 6.27. The van der Waals surface area contributed by atoms with Crippen LogP contribution in [0.2, 0.25) is 5.02 Å². The molecular weight excluding hydrogens is 324 g/mol. The van der Waals surface area contributed by atoms with Crippen LogP contribution in [0.25, 0.3) is 10.9 Å². The minimum absolute atomic E-state index is 0.334. The summed E-state index contributed by atoms with van der Waals surface area (Å²) in [6.07, 6.45) is 2.24. The summed E-state index contributed by atoms with van der Waals surface area (Å²) in [5.41, 5.74) is 1.92. The lowest BCUT2D eigenvalue weighted by Gasteiger charge is -2.30. The van der Waals surface area contributed by atoms with Gasteiger partial charge < -0.3 is 4.52 Å². The predicted molar refractivity (Wildman–Crippen MR) is 93.0 cm³/mol. The maximum Gasteiger partial charge on any atom is 0.223 e. The molecule has 0 N–H and O–H groups in total. The smallest absolute Gasteiger partial charge is 0.223 e. The molecule has 1 aliphatic rings. The summed E-state index contributed by atoms with van der Waals surface area (Å²) in [7, 11) is 0. The van der Waals surface area contributed by atoms with Gasteiger partial charge in [0.15, 0.2) is 5.82 Å². The van der Waals surface area contributed by atoms with E-state index >= 15 is 0 Å². The summed E-state index contributed by atoms with van der Waals surface area (Å²) in [5.74, 6) is 1.79. The number of aromatic nitrogens is 3. The van der Waals surface area contributed by atoms with Crippen molar-refractivity contribution in [3.63, 3.8) is 0 Å². The minimum atomic E-state index is 0.334. The van der Waals surface area contributed by atoms with E-state index in [2.05, 4.69) is 27.2 Å². The number of hydrogen-bond donors (Lipinski definition) is 0. The van der Waals surface area contributed by atoms with Crippen molar-refractivity contribution >= 4 is 22.5 Å². The molecule has 3 heterocycles. The van der Waals surface area contributed by atoms with E-state index in [-0.39, 0.29) is 0 Å². The maximum atomic E-state index is 6.27. The number of rotatable bonds is 3. The standard InChI is InChI=1S/C18H19ClN4O/c1-12-20-18(22-24-12)14-5-3-9-23(10-14)11-15-8-7-13-4-2-6-16(19)17(13)21-15/h2,4,6-8,14H,3,5,9-11H2,1H3/t14-/m0/s1. The van der Waals surface area contributed by atoms with E-state index in [1.165, 1.54) is 0 Å². The van der Waals surface area contributed by atoms with Gasteiger partial charge in [-0.05, 0) is 31.5 Å². The van der Waals surface area contributed by atoms with Crippen LogP contribution in [0.4, 0.5) is 0 Å². The molecule has 4 rings (SSSR count). The first-order valence-electron chi connectivity index (χ1n) is 8.26. The average Bonchev–Trinajstić information content (AvgIpc) is 3.03. The third-order valence-electron chi connectivity index (χ3n) is 4.53. The Hall–Kier alpha value is -1.98. The molecule has 6 heteroatoms. The van der Waals surface area contributed by atoms with Crippen LogP contribution < -0.4 is 0 Å². The molecule has 0 bridgehead atoms. The van der Waals surface area contributed by atoms with E-state index in [9.17, 15) is 0 Å². The molecule has 24 heavy (non-hydrogen) atoms. The molecule has 0 amide bonds. The van der Waals surface area contributed by atoms with Crippen molar-refractivity contribution in [3.8, 4) is 0 Å². The third kappa shape index (κ3) is 3.14. The predicted octanol–water partition coefficient (Wildman–Crippen LogP) is 3.96. The molecule has 0 radical (unpaired) electrons. The number of fused-ring (bicyclic) bond motifs is 1. The zero-order valence-electron chi connectivity index (χ0n) is 13.6.